The molecule has 2 fully saturated rings. The zero-order valence-electron chi connectivity index (χ0n) is 4.89. The zero-order valence-corrected chi connectivity index (χ0v) is 8.68. The van der Waals surface area contributed by atoms with Crippen LogP contribution >= 0.6 is 46.6 Å². The number of thioether (sulfide) groups is 1. The number of carbonyl (C=O) groups is 1. The Morgan fingerprint density at radius 3 is 2.70 bits per heavy atom. The zero-order chi connectivity index (χ0) is 7.35. The van der Waals surface area contributed by atoms with Gasteiger partial charge in [-0.15, -0.1) is 0 Å². The second-order valence-electron chi connectivity index (χ2n) is 2.40. The SMILES string of the molecule is O=C1NC(=S)SC12CC2I. The van der Waals surface area contributed by atoms with Gasteiger partial charge in [0.05, 0.1) is 0 Å². The summed E-state index contributed by atoms with van der Waals surface area (Å²) in [5, 5.41) is 2.65. The smallest absolute Gasteiger partial charge is 0.243 e. The predicted octanol–water partition coefficient (Wildman–Crippen LogP) is 1.08. The Hall–Kier alpha value is 0.640. The minimum absolute atomic E-state index is 0.113. The minimum atomic E-state index is -0.155. The topological polar surface area (TPSA) is 29.1 Å². The van der Waals surface area contributed by atoms with E-state index in [0.717, 1.165) is 6.42 Å². The molecule has 1 N–H and O–H groups in total. The summed E-state index contributed by atoms with van der Waals surface area (Å²) in [5.74, 6) is 0.113. The molecule has 2 nitrogen and oxygen atoms in total. The number of hydrogen-bond acceptors (Lipinski definition) is 3. The fourth-order valence-electron chi connectivity index (χ4n) is 0.984. The lowest BCUT2D eigenvalue weighted by molar-refractivity contribution is -0.119. The molecule has 1 amide bonds. The van der Waals surface area contributed by atoms with E-state index in [9.17, 15) is 4.79 Å². The third kappa shape index (κ3) is 0.831. The molecule has 1 aliphatic heterocycles. The van der Waals surface area contributed by atoms with E-state index in [0.29, 0.717) is 8.25 Å². The first-order valence-electron chi connectivity index (χ1n) is 2.84. The molecule has 1 aliphatic carbocycles. The molecule has 0 bridgehead atoms. The van der Waals surface area contributed by atoms with Gasteiger partial charge in [0.25, 0.3) is 0 Å². The second kappa shape index (κ2) is 2.07. The molecule has 5 heteroatoms. The summed E-state index contributed by atoms with van der Waals surface area (Å²) in [4.78, 5) is 11.2. The van der Waals surface area contributed by atoms with Crippen molar-refractivity contribution in [1.29, 1.82) is 0 Å². The van der Waals surface area contributed by atoms with E-state index in [1.807, 2.05) is 0 Å². The normalized spacial score (nSPS) is 44.3. The Labute approximate surface area is 81.6 Å². The predicted molar refractivity (Wildman–Crippen MR) is 53.5 cm³/mol. The fourth-order valence-corrected chi connectivity index (χ4v) is 4.18. The number of hydrogen-bond donors (Lipinski definition) is 1. The lowest BCUT2D eigenvalue weighted by atomic mass is 10.4. The van der Waals surface area contributed by atoms with Crippen LogP contribution in [0.3, 0.4) is 0 Å². The van der Waals surface area contributed by atoms with Gasteiger partial charge in [0, 0.05) is 3.92 Å². The maximum absolute atomic E-state index is 11.2. The molecule has 2 unspecified atom stereocenters. The standard InChI is InChI=1S/C5H4INOS2/c6-2-1-5(2)3(8)7-4(9)10-5/h2H,1H2,(H,7,8,9). The van der Waals surface area contributed by atoms with Crippen molar-refractivity contribution in [3.05, 3.63) is 0 Å². The Bertz CT molecular complexity index is 232. The molecule has 10 heavy (non-hydrogen) atoms. The highest BCUT2D eigenvalue weighted by atomic mass is 127. The van der Waals surface area contributed by atoms with E-state index in [-0.39, 0.29) is 10.7 Å². The molecule has 0 aromatic heterocycles. The van der Waals surface area contributed by atoms with E-state index >= 15 is 0 Å². The van der Waals surface area contributed by atoms with E-state index in [1.165, 1.54) is 11.8 Å². The first-order chi connectivity index (χ1) is 4.65. The van der Waals surface area contributed by atoms with Gasteiger partial charge in [-0.1, -0.05) is 46.6 Å². The highest BCUT2D eigenvalue weighted by Gasteiger charge is 2.63. The van der Waals surface area contributed by atoms with Crippen LogP contribution in [0.5, 0.6) is 0 Å². The Kier molecular flexibility index (Phi) is 1.51. The van der Waals surface area contributed by atoms with Crippen LogP contribution in [0.4, 0.5) is 0 Å². The summed E-state index contributed by atoms with van der Waals surface area (Å²) in [6.45, 7) is 0. The van der Waals surface area contributed by atoms with Crippen LogP contribution in [0, 0.1) is 0 Å². The van der Waals surface area contributed by atoms with Gasteiger partial charge in [-0.05, 0) is 6.42 Å². The molecule has 0 aromatic rings. The van der Waals surface area contributed by atoms with Gasteiger partial charge in [0.2, 0.25) is 5.91 Å². The monoisotopic (exact) mass is 285 g/mol. The summed E-state index contributed by atoms with van der Waals surface area (Å²) >= 11 is 8.67. The van der Waals surface area contributed by atoms with Crippen LogP contribution in [-0.4, -0.2) is 18.9 Å². The number of amides is 1. The molecular formula is C5H4INOS2. The van der Waals surface area contributed by atoms with Crippen molar-refractivity contribution < 1.29 is 4.79 Å². The fraction of sp³-hybridized carbons (Fsp3) is 0.600. The molecule has 1 saturated heterocycles. The third-order valence-electron chi connectivity index (χ3n) is 1.70. The maximum atomic E-state index is 11.2. The van der Waals surface area contributed by atoms with Crippen LogP contribution in [0.25, 0.3) is 0 Å². The molecule has 1 saturated carbocycles. The first kappa shape index (κ1) is 7.30. The lowest BCUT2D eigenvalue weighted by Crippen LogP contribution is -2.26. The number of halogens is 1. The number of thiocarbonyl (C=S) groups is 1. The number of alkyl halides is 1. The van der Waals surface area contributed by atoms with Gasteiger partial charge in [0.15, 0.2) is 0 Å². The summed E-state index contributed by atoms with van der Waals surface area (Å²) in [5.41, 5.74) is 0. The molecule has 2 rings (SSSR count). The molecule has 0 aromatic carbocycles. The quantitative estimate of drug-likeness (QED) is 0.410. The van der Waals surface area contributed by atoms with Crippen molar-refractivity contribution in [3.8, 4) is 0 Å². The van der Waals surface area contributed by atoms with Crippen molar-refractivity contribution in [1.82, 2.24) is 5.32 Å². The van der Waals surface area contributed by atoms with Gasteiger partial charge in [-0.3, -0.25) is 4.79 Å². The third-order valence-corrected chi connectivity index (χ3v) is 5.27. The molecule has 54 valence electrons. The highest BCUT2D eigenvalue weighted by molar-refractivity contribution is 14.1. The molecule has 2 atom stereocenters. The highest BCUT2D eigenvalue weighted by Crippen LogP contribution is 2.56. The van der Waals surface area contributed by atoms with Crippen molar-refractivity contribution >= 4 is 56.8 Å². The van der Waals surface area contributed by atoms with Crippen LogP contribution in [0.15, 0.2) is 0 Å². The van der Waals surface area contributed by atoms with Crippen molar-refractivity contribution in [3.63, 3.8) is 0 Å². The van der Waals surface area contributed by atoms with Crippen LogP contribution in [-0.2, 0) is 4.79 Å². The van der Waals surface area contributed by atoms with Gasteiger partial charge < -0.3 is 5.32 Å². The molecule has 2 aliphatic rings. The van der Waals surface area contributed by atoms with E-state index in [1.54, 1.807) is 0 Å². The Balaban J connectivity index is 2.26. The summed E-state index contributed by atoms with van der Waals surface area (Å²) in [6, 6.07) is 0. The van der Waals surface area contributed by atoms with E-state index in [4.69, 9.17) is 12.2 Å². The maximum Gasteiger partial charge on any atom is 0.243 e. The van der Waals surface area contributed by atoms with Gasteiger partial charge in [-0.2, -0.15) is 0 Å². The number of nitrogens with one attached hydrogen (secondary N) is 1. The van der Waals surface area contributed by atoms with Crippen LogP contribution < -0.4 is 5.32 Å². The van der Waals surface area contributed by atoms with E-state index in [2.05, 4.69) is 27.9 Å². The number of rotatable bonds is 0. The average Bonchev–Trinajstić information content (AvgIpc) is 2.33. The van der Waals surface area contributed by atoms with Gasteiger partial charge in [0.1, 0.15) is 9.07 Å². The van der Waals surface area contributed by atoms with E-state index < -0.39 is 0 Å². The van der Waals surface area contributed by atoms with Crippen molar-refractivity contribution in [2.24, 2.45) is 0 Å². The summed E-state index contributed by atoms with van der Waals surface area (Å²) in [6.07, 6.45) is 0.976. The lowest BCUT2D eigenvalue weighted by Gasteiger charge is -1.96. The van der Waals surface area contributed by atoms with Crippen LogP contribution in [0.2, 0.25) is 0 Å². The summed E-state index contributed by atoms with van der Waals surface area (Å²) in [7, 11) is 0. The Morgan fingerprint density at radius 2 is 2.50 bits per heavy atom. The number of carbonyl (C=O) groups excluding carboxylic acids is 1. The van der Waals surface area contributed by atoms with Gasteiger partial charge >= 0.3 is 0 Å². The van der Waals surface area contributed by atoms with Crippen molar-refractivity contribution in [2.45, 2.75) is 15.1 Å². The first-order valence-corrected chi connectivity index (χ1v) is 5.31. The summed E-state index contributed by atoms with van der Waals surface area (Å²) < 4.78 is 0.970. The molecule has 1 spiro atoms. The Morgan fingerprint density at radius 1 is 1.90 bits per heavy atom. The second-order valence-corrected chi connectivity index (χ2v) is 5.92. The van der Waals surface area contributed by atoms with Crippen molar-refractivity contribution in [2.75, 3.05) is 0 Å². The molecule has 0 radical (unpaired) electrons. The average molecular weight is 285 g/mol. The molecular weight excluding hydrogens is 281 g/mol. The van der Waals surface area contributed by atoms with Gasteiger partial charge in [-0.25, -0.2) is 0 Å². The molecule has 1 heterocycles. The minimum Gasteiger partial charge on any atom is -0.310 e. The largest absolute Gasteiger partial charge is 0.310 e. The van der Waals surface area contributed by atoms with Crippen LogP contribution in [0.1, 0.15) is 6.42 Å².